The predicted molar refractivity (Wildman–Crippen MR) is 74.8 cm³/mol. The van der Waals surface area contributed by atoms with Crippen LogP contribution in [0.5, 0.6) is 0 Å². The zero-order valence-corrected chi connectivity index (χ0v) is 11.8. The number of likely N-dealkylation sites (tertiary alicyclic amines) is 1. The summed E-state index contributed by atoms with van der Waals surface area (Å²) in [7, 11) is -1.26. The summed E-state index contributed by atoms with van der Waals surface area (Å²) in [4.78, 5) is 13.1. The Morgan fingerprint density at radius 3 is 2.47 bits per heavy atom. The van der Waals surface area contributed by atoms with Crippen LogP contribution in [0.4, 0.5) is 0 Å². The summed E-state index contributed by atoms with van der Waals surface area (Å²) in [5.41, 5.74) is 1.00. The van der Waals surface area contributed by atoms with Crippen molar-refractivity contribution in [1.29, 1.82) is 0 Å². The summed E-state index contributed by atoms with van der Waals surface area (Å²) in [5, 5.41) is -0.296. The number of carbonyl (C=O) groups excluding carboxylic acids is 1. The van der Waals surface area contributed by atoms with Crippen molar-refractivity contribution in [3.63, 3.8) is 0 Å². The van der Waals surface area contributed by atoms with Crippen LogP contribution in [-0.4, -0.2) is 50.7 Å². The molecule has 1 aliphatic rings. The SMILES string of the molecule is CN1CC(S(=O)(=O)CC(C=O)Cc2ccccc2)C1. The molecule has 0 amide bonds. The molecular weight excluding hydrogens is 262 g/mol. The lowest BCUT2D eigenvalue weighted by molar-refractivity contribution is -0.110. The fourth-order valence-electron chi connectivity index (χ4n) is 2.37. The molecule has 0 saturated carbocycles. The average Bonchev–Trinajstić information content (AvgIpc) is 2.35. The Labute approximate surface area is 114 Å². The lowest BCUT2D eigenvalue weighted by Gasteiger charge is -2.35. The number of rotatable bonds is 6. The van der Waals surface area contributed by atoms with Gasteiger partial charge in [0.1, 0.15) is 6.29 Å². The number of hydrogen-bond donors (Lipinski definition) is 0. The lowest BCUT2D eigenvalue weighted by atomic mass is 10.0. The van der Waals surface area contributed by atoms with Gasteiger partial charge in [-0.2, -0.15) is 0 Å². The molecule has 1 fully saturated rings. The first kappa shape index (κ1) is 14.2. The van der Waals surface area contributed by atoms with Crippen LogP contribution in [0.1, 0.15) is 5.56 Å². The van der Waals surface area contributed by atoms with E-state index in [1.807, 2.05) is 42.3 Å². The van der Waals surface area contributed by atoms with Gasteiger partial charge in [0.15, 0.2) is 9.84 Å². The highest BCUT2D eigenvalue weighted by atomic mass is 32.2. The van der Waals surface area contributed by atoms with Gasteiger partial charge in [0, 0.05) is 19.0 Å². The van der Waals surface area contributed by atoms with Gasteiger partial charge in [-0.15, -0.1) is 0 Å². The maximum atomic E-state index is 12.1. The van der Waals surface area contributed by atoms with Gasteiger partial charge in [-0.3, -0.25) is 0 Å². The largest absolute Gasteiger partial charge is 0.304 e. The van der Waals surface area contributed by atoms with Crippen molar-refractivity contribution in [3.8, 4) is 0 Å². The van der Waals surface area contributed by atoms with E-state index in [1.54, 1.807) is 0 Å². The minimum absolute atomic E-state index is 0.0378. The van der Waals surface area contributed by atoms with Crippen LogP contribution in [0.3, 0.4) is 0 Å². The van der Waals surface area contributed by atoms with E-state index >= 15 is 0 Å². The maximum absolute atomic E-state index is 12.1. The van der Waals surface area contributed by atoms with Gasteiger partial charge in [-0.1, -0.05) is 30.3 Å². The Hall–Kier alpha value is -1.20. The number of carbonyl (C=O) groups is 1. The summed E-state index contributed by atoms with van der Waals surface area (Å²) >= 11 is 0. The Morgan fingerprint density at radius 1 is 1.32 bits per heavy atom. The van der Waals surface area contributed by atoms with Gasteiger partial charge in [-0.05, 0) is 19.0 Å². The minimum atomic E-state index is -3.16. The van der Waals surface area contributed by atoms with Gasteiger partial charge in [0.25, 0.3) is 0 Å². The van der Waals surface area contributed by atoms with Crippen LogP contribution < -0.4 is 0 Å². The molecule has 1 aliphatic heterocycles. The number of benzene rings is 1. The van der Waals surface area contributed by atoms with E-state index < -0.39 is 15.8 Å². The first-order chi connectivity index (χ1) is 9.01. The monoisotopic (exact) mass is 281 g/mol. The molecule has 2 rings (SSSR count). The van der Waals surface area contributed by atoms with Gasteiger partial charge in [0.2, 0.25) is 0 Å². The minimum Gasteiger partial charge on any atom is -0.304 e. The van der Waals surface area contributed by atoms with Gasteiger partial charge in [0.05, 0.1) is 11.0 Å². The second kappa shape index (κ2) is 5.84. The average molecular weight is 281 g/mol. The standard InChI is InChI=1S/C14H19NO3S/c1-15-8-14(9-15)19(17,18)11-13(10-16)7-12-5-3-2-4-6-12/h2-6,10,13-14H,7-9,11H2,1H3. The Bertz CT molecular complexity index is 521. The zero-order chi connectivity index (χ0) is 13.9. The topological polar surface area (TPSA) is 54.5 Å². The summed E-state index contributed by atoms with van der Waals surface area (Å²) in [5.74, 6) is -0.484. The molecule has 0 aliphatic carbocycles. The van der Waals surface area contributed by atoms with Gasteiger partial charge in [-0.25, -0.2) is 8.42 Å². The number of aldehydes is 1. The summed E-state index contributed by atoms with van der Waals surface area (Å²) < 4.78 is 24.3. The molecule has 4 nitrogen and oxygen atoms in total. The number of hydrogen-bond acceptors (Lipinski definition) is 4. The molecule has 1 unspecified atom stereocenters. The molecule has 1 aromatic rings. The molecule has 1 heterocycles. The van der Waals surface area contributed by atoms with Crippen molar-refractivity contribution in [2.24, 2.45) is 5.92 Å². The van der Waals surface area contributed by atoms with Gasteiger partial charge >= 0.3 is 0 Å². The van der Waals surface area contributed by atoms with Crippen molar-refractivity contribution in [2.45, 2.75) is 11.7 Å². The van der Waals surface area contributed by atoms with E-state index in [2.05, 4.69) is 0 Å². The third kappa shape index (κ3) is 3.64. The van der Waals surface area contributed by atoms with Crippen LogP contribution in [0.2, 0.25) is 0 Å². The first-order valence-electron chi connectivity index (χ1n) is 6.40. The van der Waals surface area contributed by atoms with Crippen molar-refractivity contribution in [3.05, 3.63) is 35.9 Å². The van der Waals surface area contributed by atoms with E-state index in [9.17, 15) is 13.2 Å². The van der Waals surface area contributed by atoms with Crippen LogP contribution in [0.15, 0.2) is 30.3 Å². The molecule has 1 aromatic carbocycles. The zero-order valence-electron chi connectivity index (χ0n) is 11.0. The van der Waals surface area contributed by atoms with E-state index in [4.69, 9.17) is 0 Å². The summed E-state index contributed by atoms with van der Waals surface area (Å²) in [6, 6.07) is 9.53. The van der Waals surface area contributed by atoms with E-state index in [-0.39, 0.29) is 11.0 Å². The lowest BCUT2D eigenvalue weighted by Crippen LogP contribution is -2.53. The number of sulfone groups is 1. The highest BCUT2D eigenvalue weighted by Gasteiger charge is 2.36. The first-order valence-corrected chi connectivity index (χ1v) is 8.12. The second-order valence-electron chi connectivity index (χ2n) is 5.26. The molecule has 19 heavy (non-hydrogen) atoms. The molecule has 1 atom stereocenters. The van der Waals surface area contributed by atoms with Crippen LogP contribution in [0.25, 0.3) is 0 Å². The Balaban J connectivity index is 1.97. The molecule has 0 bridgehead atoms. The van der Waals surface area contributed by atoms with E-state index in [0.717, 1.165) is 11.8 Å². The molecule has 1 saturated heterocycles. The fourth-order valence-corrected chi connectivity index (χ4v) is 4.40. The molecule has 0 aromatic heterocycles. The smallest absolute Gasteiger partial charge is 0.156 e. The molecular formula is C14H19NO3S. The predicted octanol–water partition coefficient (Wildman–Crippen LogP) is 0.773. The second-order valence-corrected chi connectivity index (χ2v) is 7.58. The van der Waals surface area contributed by atoms with E-state index in [1.165, 1.54) is 0 Å². The Morgan fingerprint density at radius 2 is 1.95 bits per heavy atom. The van der Waals surface area contributed by atoms with Crippen LogP contribution >= 0.6 is 0 Å². The normalized spacial score (nSPS) is 18.8. The molecule has 0 radical (unpaired) electrons. The van der Waals surface area contributed by atoms with Crippen molar-refractivity contribution in [2.75, 3.05) is 25.9 Å². The van der Waals surface area contributed by atoms with Crippen molar-refractivity contribution in [1.82, 2.24) is 4.90 Å². The molecule has 104 valence electrons. The maximum Gasteiger partial charge on any atom is 0.156 e. The van der Waals surface area contributed by atoms with Crippen molar-refractivity contribution < 1.29 is 13.2 Å². The van der Waals surface area contributed by atoms with Crippen LogP contribution in [-0.2, 0) is 21.1 Å². The van der Waals surface area contributed by atoms with Crippen molar-refractivity contribution >= 4 is 16.1 Å². The third-order valence-electron chi connectivity index (χ3n) is 3.52. The summed E-state index contributed by atoms with van der Waals surface area (Å²) in [6.07, 6.45) is 1.26. The van der Waals surface area contributed by atoms with E-state index in [0.29, 0.717) is 19.5 Å². The summed E-state index contributed by atoms with van der Waals surface area (Å²) in [6.45, 7) is 1.17. The Kier molecular flexibility index (Phi) is 4.37. The third-order valence-corrected chi connectivity index (χ3v) is 5.72. The number of nitrogens with zero attached hydrogens (tertiary/aromatic N) is 1. The highest BCUT2D eigenvalue weighted by molar-refractivity contribution is 7.92. The fraction of sp³-hybridized carbons (Fsp3) is 0.500. The molecule has 0 spiro atoms. The van der Waals surface area contributed by atoms with Gasteiger partial charge < -0.3 is 9.69 Å². The quantitative estimate of drug-likeness (QED) is 0.723. The molecule has 0 N–H and O–H groups in total. The highest BCUT2D eigenvalue weighted by Crippen LogP contribution is 2.18. The molecule has 5 heteroatoms. The van der Waals surface area contributed by atoms with Crippen LogP contribution in [0, 0.1) is 5.92 Å².